The van der Waals surface area contributed by atoms with E-state index in [2.05, 4.69) is 27.2 Å². The molecule has 1 aliphatic heterocycles. The third-order valence-corrected chi connectivity index (χ3v) is 4.65. The number of hydrogen-bond donors (Lipinski definition) is 1. The number of likely N-dealkylation sites (tertiary alicyclic amines) is 1. The van der Waals surface area contributed by atoms with Crippen LogP contribution in [0.2, 0.25) is 0 Å². The SMILES string of the molecule is CN1C[C@@H](NC(=O)c2nccc3occc23)[C@H](c2cncn2C)C1. The minimum absolute atomic E-state index is 0.0156. The maximum Gasteiger partial charge on any atom is 0.270 e. The monoisotopic (exact) mass is 325 g/mol. The molecule has 24 heavy (non-hydrogen) atoms. The van der Waals surface area contributed by atoms with Crippen LogP contribution in [0.4, 0.5) is 0 Å². The zero-order valence-corrected chi connectivity index (χ0v) is 13.6. The number of nitrogens with zero attached hydrogens (tertiary/aromatic N) is 4. The van der Waals surface area contributed by atoms with E-state index in [0.29, 0.717) is 11.3 Å². The van der Waals surface area contributed by atoms with Gasteiger partial charge in [0.1, 0.15) is 11.3 Å². The van der Waals surface area contributed by atoms with Crippen molar-refractivity contribution < 1.29 is 9.21 Å². The molecule has 0 spiro atoms. The number of nitrogens with one attached hydrogen (secondary N) is 1. The van der Waals surface area contributed by atoms with E-state index in [9.17, 15) is 4.79 Å². The fraction of sp³-hybridized carbons (Fsp3) is 0.353. The summed E-state index contributed by atoms with van der Waals surface area (Å²) in [5, 5.41) is 3.88. The number of fused-ring (bicyclic) bond motifs is 1. The predicted octanol–water partition coefficient (Wildman–Crippen LogP) is 1.39. The molecule has 0 unspecified atom stereocenters. The van der Waals surface area contributed by atoms with Gasteiger partial charge in [-0.1, -0.05) is 0 Å². The highest BCUT2D eigenvalue weighted by molar-refractivity contribution is 6.04. The van der Waals surface area contributed by atoms with Gasteiger partial charge >= 0.3 is 0 Å². The lowest BCUT2D eigenvalue weighted by Gasteiger charge is -2.20. The number of pyridine rings is 1. The molecule has 3 aromatic rings. The van der Waals surface area contributed by atoms with Crippen LogP contribution in [0, 0.1) is 0 Å². The molecule has 2 atom stereocenters. The average Bonchev–Trinajstić information content (AvgIpc) is 3.26. The molecule has 124 valence electrons. The van der Waals surface area contributed by atoms with Gasteiger partial charge in [0.15, 0.2) is 0 Å². The Hall–Kier alpha value is -2.67. The average molecular weight is 325 g/mol. The molecule has 7 nitrogen and oxygen atoms in total. The van der Waals surface area contributed by atoms with E-state index in [0.717, 1.165) is 24.2 Å². The Morgan fingerprint density at radius 2 is 2.21 bits per heavy atom. The van der Waals surface area contributed by atoms with Crippen LogP contribution < -0.4 is 5.32 Å². The Labute approximate surface area is 139 Å². The number of rotatable bonds is 3. The van der Waals surface area contributed by atoms with Crippen LogP contribution >= 0.6 is 0 Å². The minimum Gasteiger partial charge on any atom is -0.464 e. The quantitative estimate of drug-likeness (QED) is 0.787. The van der Waals surface area contributed by atoms with E-state index in [1.54, 1.807) is 30.9 Å². The minimum atomic E-state index is -0.172. The van der Waals surface area contributed by atoms with Gasteiger partial charge in [0.2, 0.25) is 0 Å². The molecular weight excluding hydrogens is 306 g/mol. The van der Waals surface area contributed by atoms with E-state index in [-0.39, 0.29) is 17.9 Å². The van der Waals surface area contributed by atoms with Crippen molar-refractivity contribution in [3.05, 3.63) is 48.5 Å². The first-order valence-electron chi connectivity index (χ1n) is 7.91. The molecule has 0 radical (unpaired) electrons. The van der Waals surface area contributed by atoms with Gasteiger partial charge in [0, 0.05) is 44.1 Å². The van der Waals surface area contributed by atoms with Gasteiger partial charge in [-0.3, -0.25) is 9.78 Å². The molecule has 0 saturated carbocycles. The second kappa shape index (κ2) is 5.76. The Balaban J connectivity index is 1.60. The number of aryl methyl sites for hydroxylation is 1. The van der Waals surface area contributed by atoms with Crippen molar-refractivity contribution in [3.8, 4) is 0 Å². The van der Waals surface area contributed by atoms with E-state index in [1.807, 2.05) is 17.8 Å². The largest absolute Gasteiger partial charge is 0.464 e. The lowest BCUT2D eigenvalue weighted by atomic mass is 10.00. The highest BCUT2D eigenvalue weighted by Crippen LogP contribution is 2.27. The van der Waals surface area contributed by atoms with Crippen molar-refractivity contribution in [2.45, 2.75) is 12.0 Å². The lowest BCUT2D eigenvalue weighted by molar-refractivity contribution is 0.0932. The van der Waals surface area contributed by atoms with Crippen molar-refractivity contribution in [1.82, 2.24) is 24.8 Å². The zero-order chi connectivity index (χ0) is 16.7. The summed E-state index contributed by atoms with van der Waals surface area (Å²) < 4.78 is 7.36. The Kier molecular flexibility index (Phi) is 3.57. The van der Waals surface area contributed by atoms with E-state index < -0.39 is 0 Å². The van der Waals surface area contributed by atoms with Crippen LogP contribution in [0.25, 0.3) is 11.0 Å². The predicted molar refractivity (Wildman–Crippen MR) is 88.7 cm³/mol. The van der Waals surface area contributed by atoms with Gasteiger partial charge < -0.3 is 19.2 Å². The molecule has 1 aliphatic rings. The summed E-state index contributed by atoms with van der Waals surface area (Å²) >= 11 is 0. The molecule has 1 saturated heterocycles. The van der Waals surface area contributed by atoms with Gasteiger partial charge in [0.25, 0.3) is 5.91 Å². The number of amides is 1. The molecule has 4 rings (SSSR count). The van der Waals surface area contributed by atoms with E-state index >= 15 is 0 Å². The van der Waals surface area contributed by atoms with Crippen molar-refractivity contribution in [1.29, 1.82) is 0 Å². The Morgan fingerprint density at radius 3 is 3.00 bits per heavy atom. The number of likely N-dealkylation sites (N-methyl/N-ethyl adjacent to an activating group) is 1. The smallest absolute Gasteiger partial charge is 0.270 e. The fourth-order valence-corrected chi connectivity index (χ4v) is 3.48. The number of imidazole rings is 1. The zero-order valence-electron chi connectivity index (χ0n) is 13.6. The van der Waals surface area contributed by atoms with Crippen molar-refractivity contribution in [2.75, 3.05) is 20.1 Å². The van der Waals surface area contributed by atoms with E-state index in [4.69, 9.17) is 4.42 Å². The standard InChI is InChI=1S/C17H19N5O2/c1-21-8-12(14-7-18-10-22(14)2)13(9-21)20-17(23)16-11-4-6-24-15(11)3-5-19-16/h3-7,10,12-13H,8-9H2,1-2H3,(H,20,23)/t12-,13-/m1/s1. The highest BCUT2D eigenvalue weighted by Gasteiger charge is 2.35. The second-order valence-electron chi connectivity index (χ2n) is 6.33. The highest BCUT2D eigenvalue weighted by atomic mass is 16.3. The molecule has 3 aromatic heterocycles. The number of carbonyl (C=O) groups excluding carboxylic acids is 1. The molecule has 0 aliphatic carbocycles. The summed E-state index contributed by atoms with van der Waals surface area (Å²) in [4.78, 5) is 23.4. The van der Waals surface area contributed by atoms with Gasteiger partial charge in [-0.15, -0.1) is 0 Å². The van der Waals surface area contributed by atoms with Crippen LogP contribution in [0.1, 0.15) is 22.1 Å². The van der Waals surface area contributed by atoms with Crippen LogP contribution in [0.5, 0.6) is 0 Å². The number of carbonyl (C=O) groups is 1. The molecule has 1 amide bonds. The number of furan rings is 1. The Morgan fingerprint density at radius 1 is 1.33 bits per heavy atom. The van der Waals surface area contributed by atoms with E-state index in [1.165, 1.54) is 0 Å². The van der Waals surface area contributed by atoms with Crippen LogP contribution in [-0.4, -0.2) is 51.5 Å². The molecule has 1 N–H and O–H groups in total. The van der Waals surface area contributed by atoms with Gasteiger partial charge in [-0.2, -0.15) is 0 Å². The van der Waals surface area contributed by atoms with Crippen LogP contribution in [-0.2, 0) is 7.05 Å². The maximum atomic E-state index is 12.8. The fourth-order valence-electron chi connectivity index (χ4n) is 3.48. The van der Waals surface area contributed by atoms with Crippen LogP contribution in [0.15, 0.2) is 41.5 Å². The van der Waals surface area contributed by atoms with Crippen molar-refractivity contribution >= 4 is 16.9 Å². The first kappa shape index (κ1) is 14.9. The summed E-state index contributed by atoms with van der Waals surface area (Å²) in [5.74, 6) is 0.0319. The third kappa shape index (κ3) is 2.46. The Bertz CT molecular complexity index is 884. The maximum absolute atomic E-state index is 12.8. The third-order valence-electron chi connectivity index (χ3n) is 4.65. The summed E-state index contributed by atoms with van der Waals surface area (Å²) in [7, 11) is 4.04. The van der Waals surface area contributed by atoms with Gasteiger partial charge in [-0.05, 0) is 19.2 Å². The molecule has 4 heterocycles. The van der Waals surface area contributed by atoms with Crippen LogP contribution in [0.3, 0.4) is 0 Å². The topological polar surface area (TPSA) is 76.2 Å². The van der Waals surface area contributed by atoms with Crippen molar-refractivity contribution in [3.63, 3.8) is 0 Å². The molecular formula is C17H19N5O2. The first-order chi connectivity index (χ1) is 11.6. The first-order valence-corrected chi connectivity index (χ1v) is 7.91. The van der Waals surface area contributed by atoms with Gasteiger partial charge in [0.05, 0.1) is 24.0 Å². The summed E-state index contributed by atoms with van der Waals surface area (Å²) in [6, 6.07) is 3.55. The molecule has 1 fully saturated rings. The lowest BCUT2D eigenvalue weighted by Crippen LogP contribution is -2.40. The summed E-state index contributed by atoms with van der Waals surface area (Å²) in [6.07, 6.45) is 6.84. The summed E-state index contributed by atoms with van der Waals surface area (Å²) in [6.45, 7) is 1.68. The second-order valence-corrected chi connectivity index (χ2v) is 6.33. The number of hydrogen-bond acceptors (Lipinski definition) is 5. The molecule has 0 bridgehead atoms. The normalized spacial score (nSPS) is 21.4. The van der Waals surface area contributed by atoms with Gasteiger partial charge in [-0.25, -0.2) is 4.98 Å². The molecule has 0 aromatic carbocycles. The summed E-state index contributed by atoms with van der Waals surface area (Å²) in [5.41, 5.74) is 2.19. The number of aromatic nitrogens is 3. The molecule has 7 heteroatoms. The van der Waals surface area contributed by atoms with Crippen molar-refractivity contribution in [2.24, 2.45) is 7.05 Å².